The third-order valence-corrected chi connectivity index (χ3v) is 4.58. The van der Waals surface area contributed by atoms with Gasteiger partial charge in [-0.1, -0.05) is 0 Å². The summed E-state index contributed by atoms with van der Waals surface area (Å²) in [7, 11) is 4.17. The number of methoxy groups -OCH3 is 2. The number of halogens is 2. The molecule has 27 heavy (non-hydrogen) atoms. The van der Waals surface area contributed by atoms with Crippen LogP contribution in [0.3, 0.4) is 0 Å². The lowest BCUT2D eigenvalue weighted by Gasteiger charge is -2.13. The lowest BCUT2D eigenvalue weighted by atomic mass is 10.1. The highest BCUT2D eigenvalue weighted by Gasteiger charge is 2.13. The molecule has 0 saturated carbocycles. The van der Waals surface area contributed by atoms with E-state index in [0.717, 1.165) is 20.0 Å². The molecule has 0 amide bonds. The van der Waals surface area contributed by atoms with Gasteiger partial charge in [-0.2, -0.15) is 0 Å². The van der Waals surface area contributed by atoms with E-state index in [1.54, 1.807) is 33.3 Å². The minimum Gasteiger partial charge on any atom is -0.493 e. The Bertz CT molecular complexity index is 740. The fraction of sp³-hybridized carbons (Fsp3) is 0.222. The van der Waals surface area contributed by atoms with Crippen molar-refractivity contribution in [2.24, 2.45) is 0 Å². The van der Waals surface area contributed by atoms with E-state index < -0.39 is 0 Å². The van der Waals surface area contributed by atoms with Gasteiger partial charge in [0.1, 0.15) is 5.75 Å². The number of ether oxygens (including phenoxy) is 3. The van der Waals surface area contributed by atoms with Crippen LogP contribution in [-0.4, -0.2) is 43.8 Å². The molecule has 0 bridgehead atoms. The summed E-state index contributed by atoms with van der Waals surface area (Å²) in [6.07, 6.45) is 0. The van der Waals surface area contributed by atoms with Crippen LogP contribution in [0.2, 0.25) is 0 Å². The Morgan fingerprint density at radius 2 is 1.48 bits per heavy atom. The predicted octanol–water partition coefficient (Wildman–Crippen LogP) is 4.22. The van der Waals surface area contributed by atoms with E-state index in [0.29, 0.717) is 22.8 Å². The second-order valence-electron chi connectivity index (χ2n) is 4.55. The normalized spacial score (nSPS) is 9.00. The van der Waals surface area contributed by atoms with Crippen LogP contribution in [0.1, 0.15) is 17.3 Å². The fourth-order valence-electron chi connectivity index (χ4n) is 1.86. The van der Waals surface area contributed by atoms with Gasteiger partial charge in [-0.15, -0.1) is 0 Å². The van der Waals surface area contributed by atoms with Gasteiger partial charge >= 0.3 is 0 Å². The van der Waals surface area contributed by atoms with Gasteiger partial charge in [-0.25, -0.2) is 0 Å². The first-order valence-corrected chi connectivity index (χ1v) is 9.46. The average Bonchev–Trinajstić information content (AvgIpc) is 2.66. The molecule has 0 aliphatic rings. The van der Waals surface area contributed by atoms with E-state index in [1.165, 1.54) is 0 Å². The van der Waals surface area contributed by atoms with Crippen LogP contribution in [-0.2, 0) is 4.79 Å². The SMILES string of the molecule is CO.COc1ccc(Oc2c(I)cc(C(C)=O)cc2I)cc1OC.O=CO. The van der Waals surface area contributed by atoms with Crippen molar-refractivity contribution in [2.75, 3.05) is 21.3 Å². The zero-order chi connectivity index (χ0) is 21.0. The number of hydrogen-bond donors (Lipinski definition) is 2. The molecule has 0 radical (unpaired) electrons. The number of hydrogen-bond acceptors (Lipinski definition) is 6. The Kier molecular flexibility index (Phi) is 12.7. The molecule has 0 aliphatic carbocycles. The van der Waals surface area contributed by atoms with Crippen molar-refractivity contribution >= 4 is 57.4 Å². The second-order valence-corrected chi connectivity index (χ2v) is 6.87. The number of carbonyl (C=O) groups excluding carboxylic acids is 1. The van der Waals surface area contributed by atoms with Gasteiger partial charge < -0.3 is 24.4 Å². The molecular weight excluding hydrogens is 582 g/mol. The molecule has 0 aliphatic heterocycles. The van der Waals surface area contributed by atoms with Crippen LogP contribution >= 0.6 is 45.2 Å². The zero-order valence-corrected chi connectivity index (χ0v) is 19.5. The van der Waals surface area contributed by atoms with Gasteiger partial charge in [0, 0.05) is 18.7 Å². The number of carbonyl (C=O) groups is 2. The highest BCUT2D eigenvalue weighted by Crippen LogP contribution is 2.36. The first-order valence-electron chi connectivity index (χ1n) is 7.30. The highest BCUT2D eigenvalue weighted by molar-refractivity contribution is 14.1. The molecular formula is C18H20I2O7. The number of Topliss-reactive ketones (excluding diaryl/α,β-unsaturated/α-hetero) is 1. The number of ketones is 1. The Morgan fingerprint density at radius 3 is 1.89 bits per heavy atom. The van der Waals surface area contributed by atoms with Crippen LogP contribution in [0.5, 0.6) is 23.0 Å². The van der Waals surface area contributed by atoms with Crippen molar-refractivity contribution < 1.29 is 34.0 Å². The molecule has 0 aromatic heterocycles. The molecule has 148 valence electrons. The van der Waals surface area contributed by atoms with Crippen molar-refractivity contribution in [3.05, 3.63) is 43.0 Å². The van der Waals surface area contributed by atoms with Crippen molar-refractivity contribution in [1.82, 2.24) is 0 Å². The molecule has 2 aromatic carbocycles. The highest BCUT2D eigenvalue weighted by atomic mass is 127. The number of carboxylic acid groups (broad SMARTS) is 1. The second kappa shape index (κ2) is 13.6. The summed E-state index contributed by atoms with van der Waals surface area (Å²) in [5.74, 6) is 2.65. The van der Waals surface area contributed by atoms with Crippen LogP contribution in [0.4, 0.5) is 0 Å². The molecule has 2 N–H and O–H groups in total. The molecule has 0 fully saturated rings. The quantitative estimate of drug-likeness (QED) is 0.301. The van der Waals surface area contributed by atoms with Crippen molar-refractivity contribution in [1.29, 1.82) is 0 Å². The summed E-state index contributed by atoms with van der Waals surface area (Å²) in [6, 6.07) is 9.01. The molecule has 7 nitrogen and oxygen atoms in total. The van der Waals surface area contributed by atoms with E-state index in [2.05, 4.69) is 45.2 Å². The summed E-state index contributed by atoms with van der Waals surface area (Å²) in [6.45, 7) is 1.30. The first-order chi connectivity index (χ1) is 12.9. The molecule has 9 heteroatoms. The Morgan fingerprint density at radius 1 is 1.00 bits per heavy atom. The third-order valence-electron chi connectivity index (χ3n) is 2.98. The standard InChI is InChI=1S/C16H14I2O4.CH2O2.CH4O/c1-9(19)10-6-12(17)16(13(18)7-10)22-11-4-5-14(20-2)15(8-11)21-3;2-1-3;1-2/h4-8H,1-3H3;1H,(H,2,3);2H,1H3. The van der Waals surface area contributed by atoms with Crippen LogP contribution in [0.25, 0.3) is 0 Å². The lowest BCUT2D eigenvalue weighted by molar-refractivity contribution is -0.122. The summed E-state index contributed by atoms with van der Waals surface area (Å²) >= 11 is 4.33. The zero-order valence-electron chi connectivity index (χ0n) is 15.2. The number of rotatable bonds is 5. The smallest absolute Gasteiger partial charge is 0.290 e. The van der Waals surface area contributed by atoms with E-state index in [-0.39, 0.29) is 12.3 Å². The maximum Gasteiger partial charge on any atom is 0.290 e. The Labute approximate surface area is 184 Å². The minimum absolute atomic E-state index is 0.0356. The largest absolute Gasteiger partial charge is 0.493 e. The van der Waals surface area contributed by atoms with E-state index >= 15 is 0 Å². The summed E-state index contributed by atoms with van der Waals surface area (Å²) in [5, 5.41) is 13.9. The number of aliphatic hydroxyl groups excluding tert-OH is 1. The van der Waals surface area contributed by atoms with Crippen molar-refractivity contribution in [3.63, 3.8) is 0 Å². The van der Waals surface area contributed by atoms with Gasteiger partial charge in [-0.05, 0) is 76.4 Å². The summed E-state index contributed by atoms with van der Waals surface area (Å²) in [5.41, 5.74) is 0.675. The topological polar surface area (TPSA) is 102 Å². The molecule has 0 saturated heterocycles. The van der Waals surface area contributed by atoms with Gasteiger partial charge in [0.25, 0.3) is 6.47 Å². The van der Waals surface area contributed by atoms with Crippen LogP contribution < -0.4 is 14.2 Å². The van der Waals surface area contributed by atoms with Gasteiger partial charge in [-0.3, -0.25) is 9.59 Å². The molecule has 0 unspecified atom stereocenters. The van der Waals surface area contributed by atoms with E-state index in [4.69, 9.17) is 29.2 Å². The van der Waals surface area contributed by atoms with Gasteiger partial charge in [0.15, 0.2) is 23.0 Å². The average molecular weight is 602 g/mol. The van der Waals surface area contributed by atoms with Crippen molar-refractivity contribution in [3.8, 4) is 23.0 Å². The lowest BCUT2D eigenvalue weighted by Crippen LogP contribution is -1.98. The van der Waals surface area contributed by atoms with Crippen molar-refractivity contribution in [2.45, 2.75) is 6.92 Å². The predicted molar refractivity (Wildman–Crippen MR) is 118 cm³/mol. The Balaban J connectivity index is 0.00000123. The number of benzene rings is 2. The summed E-state index contributed by atoms with van der Waals surface area (Å²) in [4.78, 5) is 19.9. The molecule has 0 heterocycles. The maximum atomic E-state index is 11.5. The van der Waals surface area contributed by atoms with Crippen LogP contribution in [0.15, 0.2) is 30.3 Å². The first kappa shape index (κ1) is 25.4. The molecule has 2 aromatic rings. The van der Waals surface area contributed by atoms with Gasteiger partial charge in [0.2, 0.25) is 0 Å². The Hall–Kier alpha value is -1.60. The third kappa shape index (κ3) is 7.89. The van der Waals surface area contributed by atoms with Crippen LogP contribution in [0, 0.1) is 7.14 Å². The fourth-order valence-corrected chi connectivity index (χ4v) is 3.85. The molecule has 0 atom stereocenters. The maximum absolute atomic E-state index is 11.5. The molecule has 0 spiro atoms. The monoisotopic (exact) mass is 602 g/mol. The van der Waals surface area contributed by atoms with Gasteiger partial charge in [0.05, 0.1) is 21.4 Å². The minimum atomic E-state index is -0.250. The molecule has 2 rings (SSSR count). The summed E-state index contributed by atoms with van der Waals surface area (Å²) < 4.78 is 18.2. The van der Waals surface area contributed by atoms with E-state index in [1.807, 2.05) is 18.2 Å². The number of aliphatic hydroxyl groups is 1. The van der Waals surface area contributed by atoms with E-state index in [9.17, 15) is 4.79 Å².